The molecule has 1 N–H and O–H groups in total. The van der Waals surface area contributed by atoms with Crippen LogP contribution in [-0.2, 0) is 7.05 Å². The fourth-order valence-electron chi connectivity index (χ4n) is 3.73. The first-order chi connectivity index (χ1) is 14.7. The maximum Gasteiger partial charge on any atom is 0.270 e. The smallest absolute Gasteiger partial charge is 0.270 e. The molecule has 0 fully saturated rings. The summed E-state index contributed by atoms with van der Waals surface area (Å²) in [5.41, 5.74) is 2.82. The molecule has 0 saturated heterocycles. The Morgan fingerprint density at radius 2 is 1.90 bits per heavy atom. The largest absolute Gasteiger partial charge is 0.439 e. The number of rotatable bonds is 4. The SMILES string of the molecule is Cn1cc(-c2oc(NC(C)(C)C)c(-c3cccc([N+](=O)[O-])c3)c2C#N)c2ccccc21. The molecule has 0 amide bonds. The molecule has 2 heterocycles. The summed E-state index contributed by atoms with van der Waals surface area (Å²) in [6, 6.07) is 16.4. The Balaban J connectivity index is 2.03. The highest BCUT2D eigenvalue weighted by atomic mass is 16.6. The van der Waals surface area contributed by atoms with Gasteiger partial charge in [-0.3, -0.25) is 10.1 Å². The van der Waals surface area contributed by atoms with Crippen molar-refractivity contribution in [3.63, 3.8) is 0 Å². The lowest BCUT2D eigenvalue weighted by Gasteiger charge is -2.21. The number of aryl methyl sites for hydroxylation is 1. The minimum atomic E-state index is -0.446. The van der Waals surface area contributed by atoms with Crippen LogP contribution in [0.1, 0.15) is 26.3 Å². The first-order valence-corrected chi connectivity index (χ1v) is 9.84. The molecule has 2 aromatic heterocycles. The van der Waals surface area contributed by atoms with Gasteiger partial charge in [-0.1, -0.05) is 30.3 Å². The number of anilines is 1. The van der Waals surface area contributed by atoms with E-state index in [9.17, 15) is 15.4 Å². The van der Waals surface area contributed by atoms with Gasteiger partial charge in [-0.2, -0.15) is 5.26 Å². The number of fused-ring (bicyclic) bond motifs is 1. The molecule has 31 heavy (non-hydrogen) atoms. The lowest BCUT2D eigenvalue weighted by Crippen LogP contribution is -2.26. The number of aromatic nitrogens is 1. The van der Waals surface area contributed by atoms with Gasteiger partial charge in [0.1, 0.15) is 11.6 Å². The van der Waals surface area contributed by atoms with Crippen molar-refractivity contribution in [2.24, 2.45) is 7.05 Å². The molecule has 0 saturated carbocycles. The fourth-order valence-corrected chi connectivity index (χ4v) is 3.73. The predicted molar refractivity (Wildman–Crippen MR) is 121 cm³/mol. The molecule has 4 aromatic rings. The van der Waals surface area contributed by atoms with Gasteiger partial charge in [0.25, 0.3) is 5.69 Å². The van der Waals surface area contributed by atoms with Gasteiger partial charge in [0, 0.05) is 47.4 Å². The molecule has 0 aliphatic carbocycles. The van der Waals surface area contributed by atoms with Crippen LogP contribution >= 0.6 is 0 Å². The maximum absolute atomic E-state index is 11.3. The summed E-state index contributed by atoms with van der Waals surface area (Å²) in [6.45, 7) is 5.95. The highest BCUT2D eigenvalue weighted by molar-refractivity contribution is 5.99. The lowest BCUT2D eigenvalue weighted by atomic mass is 9.98. The third-order valence-electron chi connectivity index (χ3n) is 5.00. The molecular weight excluding hydrogens is 392 g/mol. The van der Waals surface area contributed by atoms with E-state index >= 15 is 0 Å². The highest BCUT2D eigenvalue weighted by Gasteiger charge is 2.28. The van der Waals surface area contributed by atoms with Crippen LogP contribution in [0.15, 0.2) is 59.1 Å². The Labute approximate surface area is 179 Å². The topological polar surface area (TPSA) is 97.0 Å². The number of hydrogen-bond acceptors (Lipinski definition) is 5. The molecule has 2 aromatic carbocycles. The zero-order chi connectivity index (χ0) is 22.3. The van der Waals surface area contributed by atoms with Gasteiger partial charge in [0.2, 0.25) is 5.88 Å². The van der Waals surface area contributed by atoms with Crippen molar-refractivity contribution in [1.82, 2.24) is 4.57 Å². The summed E-state index contributed by atoms with van der Waals surface area (Å²) in [5.74, 6) is 0.847. The third-order valence-corrected chi connectivity index (χ3v) is 5.00. The second-order valence-corrected chi connectivity index (χ2v) is 8.48. The van der Waals surface area contributed by atoms with E-state index in [1.54, 1.807) is 12.1 Å². The van der Waals surface area contributed by atoms with Crippen molar-refractivity contribution >= 4 is 22.5 Å². The third kappa shape index (κ3) is 3.64. The number of benzene rings is 2. The van der Waals surface area contributed by atoms with Crippen LogP contribution in [0.5, 0.6) is 0 Å². The predicted octanol–water partition coefficient (Wildman–Crippen LogP) is 6.10. The molecule has 0 bridgehead atoms. The van der Waals surface area contributed by atoms with Crippen LogP contribution in [-0.4, -0.2) is 15.0 Å². The monoisotopic (exact) mass is 414 g/mol. The van der Waals surface area contributed by atoms with E-state index in [2.05, 4.69) is 11.4 Å². The molecule has 0 aliphatic rings. The van der Waals surface area contributed by atoms with Crippen LogP contribution in [0, 0.1) is 21.4 Å². The van der Waals surface area contributed by atoms with Gasteiger partial charge in [0.05, 0.1) is 10.5 Å². The van der Waals surface area contributed by atoms with Crippen LogP contribution in [0.4, 0.5) is 11.6 Å². The molecular formula is C24H22N4O3. The second kappa shape index (κ2) is 7.33. The Hall–Kier alpha value is -4.05. The number of hydrogen-bond donors (Lipinski definition) is 1. The Morgan fingerprint density at radius 1 is 1.16 bits per heavy atom. The number of nitrogens with zero attached hydrogens (tertiary/aromatic N) is 3. The number of nitro benzene ring substituents is 1. The Morgan fingerprint density at radius 3 is 2.58 bits per heavy atom. The number of non-ortho nitro benzene ring substituents is 1. The van der Waals surface area contributed by atoms with Gasteiger partial charge in [0.15, 0.2) is 5.76 Å². The van der Waals surface area contributed by atoms with Crippen LogP contribution in [0.2, 0.25) is 0 Å². The van der Waals surface area contributed by atoms with Gasteiger partial charge >= 0.3 is 0 Å². The van der Waals surface area contributed by atoms with E-state index in [4.69, 9.17) is 4.42 Å². The summed E-state index contributed by atoms with van der Waals surface area (Å²) in [6.07, 6.45) is 1.93. The zero-order valence-corrected chi connectivity index (χ0v) is 17.8. The molecule has 0 unspecified atom stereocenters. The van der Waals surface area contributed by atoms with E-state index in [1.807, 2.05) is 62.8 Å². The minimum absolute atomic E-state index is 0.0454. The van der Waals surface area contributed by atoms with Crippen molar-refractivity contribution in [2.45, 2.75) is 26.3 Å². The Kier molecular flexibility index (Phi) is 4.78. The summed E-state index contributed by atoms with van der Waals surface area (Å²) in [5, 5.41) is 25.7. The summed E-state index contributed by atoms with van der Waals surface area (Å²) < 4.78 is 8.24. The van der Waals surface area contributed by atoms with E-state index in [0.29, 0.717) is 28.3 Å². The molecule has 4 rings (SSSR count). The van der Waals surface area contributed by atoms with Gasteiger partial charge in [-0.15, -0.1) is 0 Å². The zero-order valence-electron chi connectivity index (χ0n) is 17.8. The lowest BCUT2D eigenvalue weighted by molar-refractivity contribution is -0.384. The summed E-state index contributed by atoms with van der Waals surface area (Å²) in [4.78, 5) is 10.9. The van der Waals surface area contributed by atoms with Gasteiger partial charge in [-0.05, 0) is 32.4 Å². The van der Waals surface area contributed by atoms with Crippen molar-refractivity contribution in [3.8, 4) is 28.5 Å². The average molecular weight is 414 g/mol. The number of furan rings is 1. The molecule has 0 aliphatic heterocycles. The number of nitrogens with one attached hydrogen (secondary N) is 1. The van der Waals surface area contributed by atoms with Gasteiger partial charge in [-0.25, -0.2) is 0 Å². The number of nitro groups is 1. The highest BCUT2D eigenvalue weighted by Crippen LogP contribution is 2.44. The quantitative estimate of drug-likeness (QED) is 0.322. The fraction of sp³-hybridized carbons (Fsp3) is 0.208. The van der Waals surface area contributed by atoms with Crippen molar-refractivity contribution in [1.29, 1.82) is 5.26 Å². The maximum atomic E-state index is 11.3. The van der Waals surface area contributed by atoms with E-state index < -0.39 is 4.92 Å². The van der Waals surface area contributed by atoms with Crippen molar-refractivity contribution < 1.29 is 9.34 Å². The second-order valence-electron chi connectivity index (χ2n) is 8.48. The number of para-hydroxylation sites is 1. The minimum Gasteiger partial charge on any atom is -0.439 e. The van der Waals surface area contributed by atoms with Crippen LogP contribution in [0.3, 0.4) is 0 Å². The molecule has 7 nitrogen and oxygen atoms in total. The first-order valence-electron chi connectivity index (χ1n) is 9.84. The average Bonchev–Trinajstić information content (AvgIpc) is 3.24. The molecule has 156 valence electrons. The van der Waals surface area contributed by atoms with E-state index in [1.165, 1.54) is 12.1 Å². The Bertz CT molecular complexity index is 1350. The normalized spacial score (nSPS) is 11.5. The van der Waals surface area contributed by atoms with Crippen LogP contribution in [0.25, 0.3) is 33.4 Å². The summed E-state index contributed by atoms with van der Waals surface area (Å²) in [7, 11) is 1.94. The molecule has 0 atom stereocenters. The van der Waals surface area contributed by atoms with Crippen LogP contribution < -0.4 is 5.32 Å². The van der Waals surface area contributed by atoms with E-state index in [-0.39, 0.29) is 11.2 Å². The molecule has 0 spiro atoms. The molecule has 7 heteroatoms. The number of nitriles is 1. The van der Waals surface area contributed by atoms with Gasteiger partial charge < -0.3 is 14.3 Å². The van der Waals surface area contributed by atoms with Crippen molar-refractivity contribution in [3.05, 3.63) is 70.4 Å². The van der Waals surface area contributed by atoms with Crippen molar-refractivity contribution in [2.75, 3.05) is 5.32 Å². The first kappa shape index (κ1) is 20.2. The van der Waals surface area contributed by atoms with E-state index in [0.717, 1.165) is 16.5 Å². The molecule has 0 radical (unpaired) electrons. The standard InChI is InChI=1S/C24H22N4O3/c1-24(2,3)26-23-21(15-8-7-9-16(12-15)28(29)30)18(13-25)22(31-23)19-14-27(4)20-11-6-5-10-17(19)20/h5-12,14,26H,1-4H3. The summed E-state index contributed by atoms with van der Waals surface area (Å²) >= 11 is 0.